The predicted octanol–water partition coefficient (Wildman–Crippen LogP) is 3.19. The molecule has 1 fully saturated rings. The molecule has 6 heteroatoms. The first-order valence-corrected chi connectivity index (χ1v) is 6.97. The van der Waals surface area contributed by atoms with Crippen molar-refractivity contribution >= 4 is 40.9 Å². The molecule has 0 radical (unpaired) electrons. The quantitative estimate of drug-likeness (QED) is 0.687. The molecule has 1 aliphatic heterocycles. The van der Waals surface area contributed by atoms with Gasteiger partial charge in [0.2, 0.25) is 0 Å². The Hall–Kier alpha value is -1.46. The largest absolute Gasteiger partial charge is 0.328 e. The smallest absolute Gasteiger partial charge is 0.276 e. The highest BCUT2D eigenvalue weighted by molar-refractivity contribution is 7.80. The number of hydrogen-bond acceptors (Lipinski definition) is 2. The number of carbonyl (C=O) groups is 1. The van der Waals surface area contributed by atoms with Crippen molar-refractivity contribution in [2.24, 2.45) is 5.92 Å². The Balaban J connectivity index is 2.33. The van der Waals surface area contributed by atoms with Crippen LogP contribution in [0.3, 0.4) is 0 Å². The van der Waals surface area contributed by atoms with Crippen molar-refractivity contribution in [2.45, 2.75) is 13.8 Å². The second-order valence-corrected chi connectivity index (χ2v) is 5.73. The standard InChI is InChI=1S/C14H14ClFN2OS/c1-8(2)7-18-13(19)12(17-14(18)20)6-9-10(15)4-3-5-11(9)16/h3-6,8H,7H2,1-2H3,(H,17,20)/b12-6+. The lowest BCUT2D eigenvalue weighted by atomic mass is 10.1. The van der Waals surface area contributed by atoms with Crippen LogP contribution in [0.5, 0.6) is 0 Å². The summed E-state index contributed by atoms with van der Waals surface area (Å²) in [4.78, 5) is 13.7. The van der Waals surface area contributed by atoms with E-state index in [-0.39, 0.29) is 28.1 Å². The highest BCUT2D eigenvalue weighted by Gasteiger charge is 2.31. The SMILES string of the molecule is CC(C)CN1C(=O)/C(=C\c2c(F)cccc2Cl)NC1=S. The van der Waals surface area contributed by atoms with Crippen molar-refractivity contribution in [1.29, 1.82) is 0 Å². The van der Waals surface area contributed by atoms with Gasteiger partial charge in [0.1, 0.15) is 11.5 Å². The second-order valence-electron chi connectivity index (χ2n) is 4.93. The van der Waals surface area contributed by atoms with Crippen molar-refractivity contribution in [3.05, 3.63) is 40.3 Å². The molecule has 1 N–H and O–H groups in total. The van der Waals surface area contributed by atoms with Crippen molar-refractivity contribution in [3.8, 4) is 0 Å². The van der Waals surface area contributed by atoms with Gasteiger partial charge in [0.05, 0.1) is 5.02 Å². The number of benzene rings is 1. The zero-order valence-electron chi connectivity index (χ0n) is 11.1. The van der Waals surface area contributed by atoms with Crippen LogP contribution in [0.1, 0.15) is 19.4 Å². The maximum Gasteiger partial charge on any atom is 0.276 e. The van der Waals surface area contributed by atoms with Crippen LogP contribution in [0.15, 0.2) is 23.9 Å². The fraction of sp³-hybridized carbons (Fsp3) is 0.286. The third-order valence-corrected chi connectivity index (χ3v) is 3.45. The molecule has 0 spiro atoms. The molecule has 3 nitrogen and oxygen atoms in total. The molecule has 20 heavy (non-hydrogen) atoms. The minimum Gasteiger partial charge on any atom is -0.328 e. The average Bonchev–Trinajstić information content (AvgIpc) is 2.61. The minimum absolute atomic E-state index is 0.180. The highest BCUT2D eigenvalue weighted by Crippen LogP contribution is 2.23. The normalized spacial score (nSPS) is 17.2. The van der Waals surface area contributed by atoms with E-state index in [4.69, 9.17) is 23.8 Å². The van der Waals surface area contributed by atoms with Crippen molar-refractivity contribution in [3.63, 3.8) is 0 Å². The zero-order chi connectivity index (χ0) is 14.9. The summed E-state index contributed by atoms with van der Waals surface area (Å²) in [6.45, 7) is 4.50. The fourth-order valence-electron chi connectivity index (χ4n) is 1.90. The molecule has 1 heterocycles. The lowest BCUT2D eigenvalue weighted by molar-refractivity contribution is -0.122. The number of nitrogens with one attached hydrogen (secondary N) is 1. The van der Waals surface area contributed by atoms with Gasteiger partial charge >= 0.3 is 0 Å². The number of amides is 1. The van der Waals surface area contributed by atoms with Crippen LogP contribution < -0.4 is 5.32 Å². The Kier molecular flexibility index (Phi) is 4.40. The molecule has 0 atom stereocenters. The van der Waals surface area contributed by atoms with E-state index in [1.165, 1.54) is 23.1 Å². The van der Waals surface area contributed by atoms with Gasteiger partial charge in [-0.15, -0.1) is 0 Å². The average molecular weight is 313 g/mol. The predicted molar refractivity (Wildman–Crippen MR) is 81.7 cm³/mol. The lowest BCUT2D eigenvalue weighted by Crippen LogP contribution is -2.33. The van der Waals surface area contributed by atoms with Gasteiger partial charge in [0.25, 0.3) is 5.91 Å². The monoisotopic (exact) mass is 312 g/mol. The van der Waals surface area contributed by atoms with E-state index >= 15 is 0 Å². The molecule has 2 rings (SSSR count). The number of nitrogens with zero attached hydrogens (tertiary/aromatic N) is 1. The molecular weight excluding hydrogens is 299 g/mol. The highest BCUT2D eigenvalue weighted by atomic mass is 35.5. The number of hydrogen-bond donors (Lipinski definition) is 1. The van der Waals surface area contributed by atoms with E-state index in [0.717, 1.165) is 0 Å². The number of carbonyl (C=O) groups excluding carboxylic acids is 1. The lowest BCUT2D eigenvalue weighted by Gasteiger charge is -2.15. The van der Waals surface area contributed by atoms with Gasteiger partial charge in [0, 0.05) is 12.1 Å². The first-order chi connectivity index (χ1) is 9.40. The van der Waals surface area contributed by atoms with Gasteiger partial charge in [-0.25, -0.2) is 4.39 Å². The van der Waals surface area contributed by atoms with E-state index in [1.807, 2.05) is 13.8 Å². The van der Waals surface area contributed by atoms with Gasteiger partial charge in [-0.2, -0.15) is 0 Å². The fourth-order valence-corrected chi connectivity index (χ4v) is 2.38. The molecule has 1 aliphatic rings. The number of rotatable bonds is 3. The summed E-state index contributed by atoms with van der Waals surface area (Å²) in [5, 5.41) is 3.39. The van der Waals surface area contributed by atoms with Crippen molar-refractivity contribution in [1.82, 2.24) is 10.2 Å². The summed E-state index contributed by atoms with van der Waals surface area (Å²) >= 11 is 11.1. The van der Waals surface area contributed by atoms with E-state index in [9.17, 15) is 9.18 Å². The van der Waals surface area contributed by atoms with Crippen LogP contribution >= 0.6 is 23.8 Å². The van der Waals surface area contributed by atoms with Crippen molar-refractivity contribution in [2.75, 3.05) is 6.54 Å². The zero-order valence-corrected chi connectivity index (χ0v) is 12.7. The Morgan fingerprint density at radius 2 is 2.20 bits per heavy atom. The summed E-state index contributed by atoms with van der Waals surface area (Å²) in [5.41, 5.74) is 0.418. The van der Waals surface area contributed by atoms with E-state index in [0.29, 0.717) is 11.7 Å². The van der Waals surface area contributed by atoms with Crippen LogP contribution in [0.2, 0.25) is 5.02 Å². The van der Waals surface area contributed by atoms with Gasteiger partial charge in [-0.3, -0.25) is 9.69 Å². The van der Waals surface area contributed by atoms with Crippen LogP contribution in [0.4, 0.5) is 4.39 Å². The number of halogens is 2. The Morgan fingerprint density at radius 1 is 1.50 bits per heavy atom. The summed E-state index contributed by atoms with van der Waals surface area (Å²) in [7, 11) is 0. The van der Waals surface area contributed by atoms with Gasteiger partial charge in [-0.1, -0.05) is 31.5 Å². The van der Waals surface area contributed by atoms with Crippen molar-refractivity contribution < 1.29 is 9.18 Å². The second kappa shape index (κ2) is 5.89. The first-order valence-electron chi connectivity index (χ1n) is 6.18. The molecule has 1 aromatic carbocycles. The number of thiocarbonyl (C=S) groups is 1. The summed E-state index contributed by atoms with van der Waals surface area (Å²) in [5.74, 6) is -0.453. The summed E-state index contributed by atoms with van der Waals surface area (Å²) < 4.78 is 13.7. The van der Waals surface area contributed by atoms with Crippen LogP contribution in [-0.2, 0) is 4.79 Å². The van der Waals surface area contributed by atoms with E-state index < -0.39 is 5.82 Å². The van der Waals surface area contributed by atoms with E-state index in [2.05, 4.69) is 5.32 Å². The molecule has 0 aromatic heterocycles. The van der Waals surface area contributed by atoms with Crippen LogP contribution in [0, 0.1) is 11.7 Å². The molecule has 1 amide bonds. The maximum atomic E-state index is 13.7. The minimum atomic E-state index is -0.479. The summed E-state index contributed by atoms with van der Waals surface area (Å²) in [6.07, 6.45) is 1.40. The maximum absolute atomic E-state index is 13.7. The molecule has 0 unspecified atom stereocenters. The third-order valence-electron chi connectivity index (χ3n) is 2.80. The molecule has 1 aromatic rings. The van der Waals surface area contributed by atoms with E-state index in [1.54, 1.807) is 6.07 Å². The Labute approximate surface area is 127 Å². The van der Waals surface area contributed by atoms with Gasteiger partial charge < -0.3 is 5.32 Å². The first kappa shape index (κ1) is 14.9. The third kappa shape index (κ3) is 2.99. The molecule has 1 saturated heterocycles. The molecule has 0 saturated carbocycles. The molecule has 0 bridgehead atoms. The Morgan fingerprint density at radius 3 is 2.80 bits per heavy atom. The van der Waals surface area contributed by atoms with Crippen LogP contribution in [-0.4, -0.2) is 22.5 Å². The molecular formula is C14H14ClFN2OS. The van der Waals surface area contributed by atoms with Gasteiger partial charge in [0.15, 0.2) is 5.11 Å². The molecule has 106 valence electrons. The molecule has 0 aliphatic carbocycles. The van der Waals surface area contributed by atoms with Gasteiger partial charge in [-0.05, 0) is 36.3 Å². The Bertz CT molecular complexity index is 581. The topological polar surface area (TPSA) is 32.3 Å². The summed E-state index contributed by atoms with van der Waals surface area (Å²) in [6, 6.07) is 4.38. The van der Waals surface area contributed by atoms with Crippen LogP contribution in [0.25, 0.3) is 6.08 Å².